The van der Waals surface area contributed by atoms with E-state index in [0.717, 1.165) is 18.7 Å². The molecule has 1 aliphatic rings. The molecule has 3 rings (SSSR count). The van der Waals surface area contributed by atoms with Gasteiger partial charge in [0.05, 0.1) is 12.1 Å². The third kappa shape index (κ3) is 4.61. The Bertz CT molecular complexity index is 715. The maximum Gasteiger partial charge on any atom is 0.225 e. The molecular weight excluding hydrogens is 336 g/mol. The number of benzene rings is 1. The summed E-state index contributed by atoms with van der Waals surface area (Å²) in [6, 6.07) is 8.48. The Balaban J connectivity index is 0.00000225. The Labute approximate surface area is 155 Å². The average molecular weight is 363 g/mol. The number of hydrogen-bond donors (Lipinski definition) is 2. The highest BCUT2D eigenvalue weighted by Crippen LogP contribution is 2.28. The standard InChI is InChI=1S/C19H26N4O.ClH/c1-13-5-4-6-15(7-13)14(2)8-21-19(24)18-11-20-10-17(18)16-9-22-23(3)12-16;/h4-7,9,12,14,17-18,20H,8,10-11H2,1-3H3,(H,21,24);1H/t14?,17-,18+;/m1./s1. The molecule has 2 heterocycles. The van der Waals surface area contributed by atoms with Gasteiger partial charge in [-0.2, -0.15) is 5.10 Å². The van der Waals surface area contributed by atoms with Crippen LogP contribution >= 0.6 is 12.4 Å². The number of aromatic nitrogens is 2. The van der Waals surface area contributed by atoms with Crippen molar-refractivity contribution in [2.24, 2.45) is 13.0 Å². The van der Waals surface area contributed by atoms with Gasteiger partial charge in [-0.25, -0.2) is 0 Å². The van der Waals surface area contributed by atoms with Crippen LogP contribution in [0, 0.1) is 12.8 Å². The Hall–Kier alpha value is -1.85. The molecule has 0 saturated carbocycles. The van der Waals surface area contributed by atoms with Gasteiger partial charge in [0, 0.05) is 38.8 Å². The largest absolute Gasteiger partial charge is 0.355 e. The van der Waals surface area contributed by atoms with Crippen LogP contribution in [-0.4, -0.2) is 35.3 Å². The smallest absolute Gasteiger partial charge is 0.225 e. The van der Waals surface area contributed by atoms with Gasteiger partial charge in [0.2, 0.25) is 5.91 Å². The van der Waals surface area contributed by atoms with Crippen molar-refractivity contribution in [3.63, 3.8) is 0 Å². The van der Waals surface area contributed by atoms with Gasteiger partial charge < -0.3 is 10.6 Å². The summed E-state index contributed by atoms with van der Waals surface area (Å²) in [6.45, 7) is 6.47. The fourth-order valence-electron chi connectivity index (χ4n) is 3.42. The van der Waals surface area contributed by atoms with Crippen molar-refractivity contribution >= 4 is 18.3 Å². The number of halogens is 1. The van der Waals surface area contributed by atoms with Crippen molar-refractivity contribution in [2.75, 3.05) is 19.6 Å². The molecule has 1 unspecified atom stereocenters. The third-order valence-corrected chi connectivity index (χ3v) is 4.90. The average Bonchev–Trinajstić information content (AvgIpc) is 3.20. The summed E-state index contributed by atoms with van der Waals surface area (Å²) in [4.78, 5) is 12.7. The lowest BCUT2D eigenvalue weighted by Gasteiger charge is -2.19. The van der Waals surface area contributed by atoms with E-state index in [0.29, 0.717) is 12.5 Å². The first-order valence-electron chi connectivity index (χ1n) is 8.58. The maximum atomic E-state index is 12.7. The molecule has 3 atom stereocenters. The number of aryl methyl sites for hydroxylation is 2. The zero-order valence-corrected chi connectivity index (χ0v) is 15.8. The summed E-state index contributed by atoms with van der Waals surface area (Å²) < 4.78 is 1.79. The molecular formula is C19H27ClN4O. The molecule has 0 radical (unpaired) electrons. The monoisotopic (exact) mass is 362 g/mol. The zero-order chi connectivity index (χ0) is 17.1. The summed E-state index contributed by atoms with van der Waals surface area (Å²) >= 11 is 0. The summed E-state index contributed by atoms with van der Waals surface area (Å²) in [7, 11) is 1.91. The Kier molecular flexibility index (Phi) is 6.62. The first-order valence-corrected chi connectivity index (χ1v) is 8.58. The number of rotatable bonds is 5. The predicted octanol–water partition coefficient (Wildman–Crippen LogP) is 2.37. The van der Waals surface area contributed by atoms with Crippen LogP contribution in [0.25, 0.3) is 0 Å². The molecule has 0 spiro atoms. The highest BCUT2D eigenvalue weighted by molar-refractivity contribution is 5.85. The number of carbonyl (C=O) groups excluding carboxylic acids is 1. The second kappa shape index (κ2) is 8.50. The van der Waals surface area contributed by atoms with Gasteiger partial charge in [-0.15, -0.1) is 12.4 Å². The van der Waals surface area contributed by atoms with Crippen LogP contribution in [0.2, 0.25) is 0 Å². The van der Waals surface area contributed by atoms with E-state index >= 15 is 0 Å². The summed E-state index contributed by atoms with van der Waals surface area (Å²) in [5.41, 5.74) is 3.65. The normalized spacial score (nSPS) is 20.8. The predicted molar refractivity (Wildman–Crippen MR) is 102 cm³/mol. The quantitative estimate of drug-likeness (QED) is 0.858. The minimum Gasteiger partial charge on any atom is -0.355 e. The number of nitrogens with one attached hydrogen (secondary N) is 2. The lowest BCUT2D eigenvalue weighted by atomic mass is 9.90. The number of amides is 1. The van der Waals surface area contributed by atoms with E-state index in [2.05, 4.69) is 53.8 Å². The summed E-state index contributed by atoms with van der Waals surface area (Å²) in [5, 5.41) is 10.7. The first-order chi connectivity index (χ1) is 11.5. The molecule has 2 aromatic rings. The van der Waals surface area contributed by atoms with Crippen molar-refractivity contribution in [3.05, 3.63) is 53.3 Å². The van der Waals surface area contributed by atoms with Crippen molar-refractivity contribution < 1.29 is 4.79 Å². The number of hydrogen-bond acceptors (Lipinski definition) is 3. The van der Waals surface area contributed by atoms with Gasteiger partial charge >= 0.3 is 0 Å². The van der Waals surface area contributed by atoms with E-state index in [9.17, 15) is 4.79 Å². The van der Waals surface area contributed by atoms with Crippen LogP contribution < -0.4 is 10.6 Å². The molecule has 1 amide bonds. The van der Waals surface area contributed by atoms with Crippen LogP contribution in [0.15, 0.2) is 36.7 Å². The van der Waals surface area contributed by atoms with Crippen LogP contribution in [0.5, 0.6) is 0 Å². The molecule has 0 bridgehead atoms. The molecule has 1 fully saturated rings. The molecule has 1 aromatic carbocycles. The minimum atomic E-state index is -0.0288. The van der Waals surface area contributed by atoms with E-state index in [1.165, 1.54) is 11.1 Å². The highest BCUT2D eigenvalue weighted by atomic mass is 35.5. The SMILES string of the molecule is Cc1cccc(C(C)CNC(=O)[C@H]2CNC[C@@H]2c2cnn(C)c2)c1.Cl. The molecule has 1 aromatic heterocycles. The Morgan fingerprint density at radius 1 is 1.44 bits per heavy atom. The van der Waals surface area contributed by atoms with Gasteiger partial charge in [-0.1, -0.05) is 36.8 Å². The zero-order valence-electron chi connectivity index (χ0n) is 15.0. The van der Waals surface area contributed by atoms with E-state index in [1.54, 1.807) is 4.68 Å². The minimum absolute atomic E-state index is 0. The molecule has 25 heavy (non-hydrogen) atoms. The Morgan fingerprint density at radius 3 is 2.92 bits per heavy atom. The van der Waals surface area contributed by atoms with Gasteiger partial charge in [-0.05, 0) is 24.0 Å². The number of nitrogens with zero attached hydrogens (tertiary/aromatic N) is 2. The highest BCUT2D eigenvalue weighted by Gasteiger charge is 2.34. The molecule has 136 valence electrons. The lowest BCUT2D eigenvalue weighted by molar-refractivity contribution is -0.124. The first kappa shape index (κ1) is 19.5. The van der Waals surface area contributed by atoms with Crippen LogP contribution in [0.1, 0.15) is 35.4 Å². The van der Waals surface area contributed by atoms with Crippen molar-refractivity contribution in [1.82, 2.24) is 20.4 Å². The third-order valence-electron chi connectivity index (χ3n) is 4.90. The molecule has 2 N–H and O–H groups in total. The van der Waals surface area contributed by atoms with Gasteiger partial charge in [0.25, 0.3) is 0 Å². The maximum absolute atomic E-state index is 12.7. The fraction of sp³-hybridized carbons (Fsp3) is 0.474. The van der Waals surface area contributed by atoms with Gasteiger partial charge in [-0.3, -0.25) is 9.48 Å². The lowest BCUT2D eigenvalue weighted by Crippen LogP contribution is -2.36. The molecule has 0 aliphatic carbocycles. The topological polar surface area (TPSA) is 59.0 Å². The van der Waals surface area contributed by atoms with Crippen LogP contribution in [-0.2, 0) is 11.8 Å². The second-order valence-electron chi connectivity index (χ2n) is 6.88. The number of carbonyl (C=O) groups is 1. The Morgan fingerprint density at radius 2 is 2.24 bits per heavy atom. The van der Waals surface area contributed by atoms with Crippen molar-refractivity contribution in [1.29, 1.82) is 0 Å². The van der Waals surface area contributed by atoms with Crippen molar-refractivity contribution in [3.8, 4) is 0 Å². The van der Waals surface area contributed by atoms with Gasteiger partial charge in [0.1, 0.15) is 0 Å². The van der Waals surface area contributed by atoms with E-state index in [1.807, 2.05) is 19.4 Å². The van der Waals surface area contributed by atoms with Gasteiger partial charge in [0.15, 0.2) is 0 Å². The summed E-state index contributed by atoms with van der Waals surface area (Å²) in [6.07, 6.45) is 3.88. The second-order valence-corrected chi connectivity index (χ2v) is 6.88. The van der Waals surface area contributed by atoms with E-state index < -0.39 is 0 Å². The molecule has 1 saturated heterocycles. The molecule has 5 nitrogen and oxygen atoms in total. The fourth-order valence-corrected chi connectivity index (χ4v) is 3.42. The van der Waals surface area contributed by atoms with Crippen LogP contribution in [0.3, 0.4) is 0 Å². The molecule has 6 heteroatoms. The van der Waals surface area contributed by atoms with Crippen LogP contribution in [0.4, 0.5) is 0 Å². The van der Waals surface area contributed by atoms with E-state index in [-0.39, 0.29) is 30.2 Å². The van der Waals surface area contributed by atoms with E-state index in [4.69, 9.17) is 0 Å². The van der Waals surface area contributed by atoms with Crippen molar-refractivity contribution in [2.45, 2.75) is 25.7 Å². The molecule has 1 aliphatic heterocycles. The summed E-state index contributed by atoms with van der Waals surface area (Å²) in [5.74, 6) is 0.611.